The van der Waals surface area contributed by atoms with Crippen LogP contribution >= 0.6 is 0 Å². The van der Waals surface area contributed by atoms with Gasteiger partial charge in [-0.2, -0.15) is 0 Å². The largest absolute Gasteiger partial charge is 0.496 e. The Balaban J connectivity index is 1.87. The molecule has 0 saturated heterocycles. The first-order valence-electron chi connectivity index (χ1n) is 11.0. The molecule has 2 aromatic carbocycles. The highest BCUT2D eigenvalue weighted by atomic mass is 16.5. The summed E-state index contributed by atoms with van der Waals surface area (Å²) in [5.41, 5.74) is 5.56. The summed E-state index contributed by atoms with van der Waals surface area (Å²) in [6, 6.07) is 12.3. The molecule has 2 aromatic rings. The first-order chi connectivity index (χ1) is 14.4. The van der Waals surface area contributed by atoms with Crippen LogP contribution in [0.1, 0.15) is 68.8 Å². The Labute approximate surface area is 179 Å². The number of hydrogen-bond donors (Lipinski definition) is 2. The Bertz CT molecular complexity index is 985. The Morgan fingerprint density at radius 3 is 2.53 bits per heavy atom. The first-order valence-corrected chi connectivity index (χ1v) is 11.0. The SMILES string of the molecule is COc1ccccc1-c1ccc2c(c1C(=O)NC1CCCCC1)C(C)=CC(C)(C)N2. The molecule has 1 heterocycles. The van der Waals surface area contributed by atoms with E-state index in [0.29, 0.717) is 0 Å². The quantitative estimate of drug-likeness (QED) is 0.654. The van der Waals surface area contributed by atoms with Gasteiger partial charge in [0.25, 0.3) is 5.91 Å². The molecule has 158 valence electrons. The van der Waals surface area contributed by atoms with Crippen molar-refractivity contribution in [1.82, 2.24) is 5.32 Å². The average Bonchev–Trinajstić information content (AvgIpc) is 2.72. The second-order valence-electron chi connectivity index (χ2n) is 9.09. The van der Waals surface area contributed by atoms with E-state index in [9.17, 15) is 4.79 Å². The lowest BCUT2D eigenvalue weighted by Gasteiger charge is -2.33. The van der Waals surface area contributed by atoms with Crippen molar-refractivity contribution in [1.29, 1.82) is 0 Å². The van der Waals surface area contributed by atoms with Gasteiger partial charge in [-0.15, -0.1) is 0 Å². The fourth-order valence-electron chi connectivity index (χ4n) is 4.94. The third-order valence-electron chi connectivity index (χ3n) is 6.20. The van der Waals surface area contributed by atoms with Gasteiger partial charge >= 0.3 is 0 Å². The number of carbonyl (C=O) groups is 1. The predicted octanol–water partition coefficient (Wildman–Crippen LogP) is 6.03. The van der Waals surface area contributed by atoms with E-state index in [1.807, 2.05) is 30.3 Å². The third-order valence-corrected chi connectivity index (χ3v) is 6.20. The second kappa shape index (κ2) is 8.17. The number of hydrogen-bond acceptors (Lipinski definition) is 3. The zero-order valence-electron chi connectivity index (χ0n) is 18.5. The monoisotopic (exact) mass is 404 g/mol. The lowest BCUT2D eigenvalue weighted by Crippen LogP contribution is -2.38. The highest BCUT2D eigenvalue weighted by molar-refractivity contribution is 6.08. The molecule has 1 fully saturated rings. The Morgan fingerprint density at radius 2 is 1.80 bits per heavy atom. The lowest BCUT2D eigenvalue weighted by atomic mass is 9.84. The maximum atomic E-state index is 13.7. The smallest absolute Gasteiger partial charge is 0.252 e. The van der Waals surface area contributed by atoms with Gasteiger partial charge in [0.05, 0.1) is 18.2 Å². The zero-order valence-corrected chi connectivity index (χ0v) is 18.5. The number of amides is 1. The average molecular weight is 405 g/mol. The Hall–Kier alpha value is -2.75. The van der Waals surface area contributed by atoms with Gasteiger partial charge < -0.3 is 15.4 Å². The van der Waals surface area contributed by atoms with Crippen molar-refractivity contribution in [3.05, 3.63) is 53.6 Å². The Kier molecular flexibility index (Phi) is 5.59. The number of nitrogens with one attached hydrogen (secondary N) is 2. The van der Waals surface area contributed by atoms with Crippen molar-refractivity contribution >= 4 is 17.2 Å². The molecular formula is C26H32N2O2. The van der Waals surface area contributed by atoms with Gasteiger partial charge in [-0.3, -0.25) is 4.79 Å². The van der Waals surface area contributed by atoms with Crippen LogP contribution in [0.5, 0.6) is 5.75 Å². The molecule has 1 aliphatic heterocycles. The number of fused-ring (bicyclic) bond motifs is 1. The minimum Gasteiger partial charge on any atom is -0.496 e. The van der Waals surface area contributed by atoms with Crippen molar-refractivity contribution in [2.45, 2.75) is 64.5 Å². The number of para-hydroxylation sites is 1. The van der Waals surface area contributed by atoms with Crippen LogP contribution in [0.25, 0.3) is 16.7 Å². The minimum atomic E-state index is -0.153. The molecule has 2 N–H and O–H groups in total. The third kappa shape index (κ3) is 3.96. The van der Waals surface area contributed by atoms with Crippen LogP contribution in [0.4, 0.5) is 5.69 Å². The second-order valence-corrected chi connectivity index (χ2v) is 9.09. The molecule has 1 saturated carbocycles. The van der Waals surface area contributed by atoms with Gasteiger partial charge in [0.15, 0.2) is 0 Å². The minimum absolute atomic E-state index is 0.00825. The summed E-state index contributed by atoms with van der Waals surface area (Å²) in [5.74, 6) is 0.781. The molecule has 4 nitrogen and oxygen atoms in total. The zero-order chi connectivity index (χ0) is 21.3. The van der Waals surface area contributed by atoms with E-state index in [-0.39, 0.29) is 17.5 Å². The summed E-state index contributed by atoms with van der Waals surface area (Å²) in [6.45, 7) is 6.40. The van der Waals surface area contributed by atoms with E-state index in [0.717, 1.165) is 52.1 Å². The number of rotatable bonds is 4. The van der Waals surface area contributed by atoms with Gasteiger partial charge in [0.1, 0.15) is 5.75 Å². The van der Waals surface area contributed by atoms with Crippen molar-refractivity contribution < 1.29 is 9.53 Å². The summed E-state index contributed by atoms with van der Waals surface area (Å²) >= 11 is 0. The molecule has 4 heteroatoms. The number of methoxy groups -OCH3 is 1. The van der Waals surface area contributed by atoms with Crippen molar-refractivity contribution in [3.8, 4) is 16.9 Å². The molecule has 0 aromatic heterocycles. The number of anilines is 1. The van der Waals surface area contributed by atoms with Crippen molar-refractivity contribution in [3.63, 3.8) is 0 Å². The van der Waals surface area contributed by atoms with Gasteiger partial charge in [0.2, 0.25) is 0 Å². The molecule has 2 aliphatic rings. The molecule has 0 radical (unpaired) electrons. The number of carbonyl (C=O) groups excluding carboxylic acids is 1. The van der Waals surface area contributed by atoms with Gasteiger partial charge in [-0.1, -0.05) is 49.6 Å². The highest BCUT2D eigenvalue weighted by Gasteiger charge is 2.30. The number of benzene rings is 2. The van der Waals surface area contributed by atoms with Gasteiger partial charge in [0, 0.05) is 22.9 Å². The van der Waals surface area contributed by atoms with E-state index >= 15 is 0 Å². The van der Waals surface area contributed by atoms with E-state index in [2.05, 4.69) is 43.5 Å². The van der Waals surface area contributed by atoms with Crippen LogP contribution in [0, 0.1) is 0 Å². The van der Waals surface area contributed by atoms with E-state index in [1.165, 1.54) is 19.3 Å². The van der Waals surface area contributed by atoms with Crippen LogP contribution in [-0.4, -0.2) is 24.6 Å². The molecule has 0 bridgehead atoms. The molecule has 0 spiro atoms. The summed E-state index contributed by atoms with van der Waals surface area (Å²) in [6.07, 6.45) is 7.96. The van der Waals surface area contributed by atoms with E-state index in [4.69, 9.17) is 4.74 Å². The van der Waals surface area contributed by atoms with E-state index in [1.54, 1.807) is 7.11 Å². The summed E-state index contributed by atoms with van der Waals surface area (Å²) in [5, 5.41) is 6.92. The summed E-state index contributed by atoms with van der Waals surface area (Å²) in [7, 11) is 1.67. The standard InChI is InChI=1S/C26H32N2O2/c1-17-16-26(2,3)28-21-15-14-20(19-12-8-9-13-22(19)30-4)24(23(17)21)25(29)27-18-10-6-5-7-11-18/h8-9,12-16,18,28H,5-7,10-11H2,1-4H3,(H,27,29). The van der Waals surface area contributed by atoms with E-state index < -0.39 is 0 Å². The van der Waals surface area contributed by atoms with Gasteiger partial charge in [-0.25, -0.2) is 0 Å². The fraction of sp³-hybridized carbons (Fsp3) is 0.423. The van der Waals surface area contributed by atoms with Gasteiger partial charge in [-0.05, 0) is 56.9 Å². The summed E-state index contributed by atoms with van der Waals surface area (Å²) in [4.78, 5) is 13.7. The maximum Gasteiger partial charge on any atom is 0.252 e. The molecule has 0 unspecified atom stereocenters. The Morgan fingerprint density at radius 1 is 1.07 bits per heavy atom. The number of allylic oxidation sites excluding steroid dienone is 1. The summed E-state index contributed by atoms with van der Waals surface area (Å²) < 4.78 is 5.63. The molecule has 1 amide bonds. The van der Waals surface area contributed by atoms with Crippen LogP contribution in [0.2, 0.25) is 0 Å². The van der Waals surface area contributed by atoms with Crippen LogP contribution < -0.4 is 15.4 Å². The highest BCUT2D eigenvalue weighted by Crippen LogP contribution is 2.42. The van der Waals surface area contributed by atoms with Crippen LogP contribution in [-0.2, 0) is 0 Å². The molecular weight excluding hydrogens is 372 g/mol. The normalized spacial score (nSPS) is 18.1. The fourth-order valence-corrected chi connectivity index (χ4v) is 4.94. The van der Waals surface area contributed by atoms with Crippen LogP contribution in [0.15, 0.2) is 42.5 Å². The lowest BCUT2D eigenvalue weighted by molar-refractivity contribution is 0.0928. The first kappa shape index (κ1) is 20.5. The molecule has 0 atom stereocenters. The maximum absolute atomic E-state index is 13.7. The number of ether oxygens (including phenoxy) is 1. The predicted molar refractivity (Wildman–Crippen MR) is 124 cm³/mol. The topological polar surface area (TPSA) is 50.4 Å². The molecule has 4 rings (SSSR count). The van der Waals surface area contributed by atoms with Crippen molar-refractivity contribution in [2.24, 2.45) is 0 Å². The van der Waals surface area contributed by atoms with Crippen molar-refractivity contribution in [2.75, 3.05) is 12.4 Å². The van der Waals surface area contributed by atoms with Crippen LogP contribution in [0.3, 0.4) is 0 Å². The molecule has 1 aliphatic carbocycles. The molecule has 30 heavy (non-hydrogen) atoms.